The molecule has 0 saturated carbocycles. The maximum absolute atomic E-state index is 11.8. The van der Waals surface area contributed by atoms with Crippen molar-refractivity contribution in [1.29, 1.82) is 0 Å². The number of hydrogen-bond acceptors (Lipinski definition) is 5. The molecular formula is C25H31N5O3S2. The summed E-state index contributed by atoms with van der Waals surface area (Å²) in [6.45, 7) is 8.60. The van der Waals surface area contributed by atoms with E-state index in [0.717, 1.165) is 23.2 Å². The molecule has 2 N–H and O–H groups in total. The third-order valence-corrected chi connectivity index (χ3v) is 7.12. The Bertz CT molecular complexity index is 1350. The van der Waals surface area contributed by atoms with Crippen molar-refractivity contribution in [2.75, 3.05) is 23.0 Å². The second-order valence-electron chi connectivity index (χ2n) is 9.05. The molecule has 2 aromatic heterocycles. The van der Waals surface area contributed by atoms with Gasteiger partial charge in [0.2, 0.25) is 10.0 Å². The molecule has 3 aromatic rings. The van der Waals surface area contributed by atoms with E-state index in [1.807, 2.05) is 24.3 Å². The first kappa shape index (κ1) is 25.0. The van der Waals surface area contributed by atoms with Crippen molar-refractivity contribution >= 4 is 38.7 Å². The molecule has 10 heteroatoms. The van der Waals surface area contributed by atoms with Gasteiger partial charge in [-0.3, -0.25) is 9.71 Å². The second kappa shape index (κ2) is 9.50. The van der Waals surface area contributed by atoms with Crippen molar-refractivity contribution in [3.05, 3.63) is 71.3 Å². The van der Waals surface area contributed by atoms with Gasteiger partial charge in [0, 0.05) is 35.4 Å². The fourth-order valence-electron chi connectivity index (χ4n) is 4.96. The molecule has 1 aromatic carbocycles. The van der Waals surface area contributed by atoms with E-state index < -0.39 is 10.0 Å². The number of nitrogens with zero attached hydrogens (tertiary/aromatic N) is 3. The number of sulfonamides is 1. The first-order chi connectivity index (χ1) is 16.5. The lowest BCUT2D eigenvalue weighted by molar-refractivity contribution is 0.417. The van der Waals surface area contributed by atoms with Gasteiger partial charge in [-0.1, -0.05) is 6.07 Å². The van der Waals surface area contributed by atoms with E-state index in [-0.39, 0.29) is 12.1 Å². The monoisotopic (exact) mass is 513 g/mol. The molecule has 1 saturated heterocycles. The summed E-state index contributed by atoms with van der Waals surface area (Å²) < 4.78 is 34.0. The van der Waals surface area contributed by atoms with Crippen LogP contribution in [-0.4, -0.2) is 36.4 Å². The van der Waals surface area contributed by atoms with Crippen molar-refractivity contribution in [3.8, 4) is 5.75 Å². The van der Waals surface area contributed by atoms with Gasteiger partial charge in [-0.25, -0.2) is 8.42 Å². The van der Waals surface area contributed by atoms with Crippen molar-refractivity contribution in [2.24, 2.45) is 0 Å². The molecule has 0 aliphatic carbocycles. The maximum atomic E-state index is 11.8. The Hall–Kier alpha value is -3.11. The summed E-state index contributed by atoms with van der Waals surface area (Å²) in [6, 6.07) is 13.4. The summed E-state index contributed by atoms with van der Waals surface area (Å²) in [4.78, 5) is 6.69. The number of benzene rings is 1. The van der Waals surface area contributed by atoms with Crippen LogP contribution in [0.25, 0.3) is 0 Å². The van der Waals surface area contributed by atoms with Gasteiger partial charge in [0.25, 0.3) is 0 Å². The van der Waals surface area contributed by atoms with Gasteiger partial charge in [-0.05, 0) is 75.8 Å². The topological polar surface area (TPSA) is 88.5 Å². The summed E-state index contributed by atoms with van der Waals surface area (Å²) in [5.74, 6) is 0.406. The van der Waals surface area contributed by atoms with Crippen molar-refractivity contribution in [1.82, 2.24) is 14.9 Å². The highest BCUT2D eigenvalue weighted by atomic mass is 32.2. The van der Waals surface area contributed by atoms with Crippen LogP contribution in [-0.2, 0) is 10.0 Å². The summed E-state index contributed by atoms with van der Waals surface area (Å²) in [5, 5.41) is 4.04. The number of thiocarbonyl (C=S) groups is 1. The van der Waals surface area contributed by atoms with Crippen molar-refractivity contribution in [3.63, 3.8) is 0 Å². The molecule has 186 valence electrons. The van der Waals surface area contributed by atoms with Gasteiger partial charge in [0.15, 0.2) is 5.11 Å². The zero-order chi connectivity index (χ0) is 25.5. The average Bonchev–Trinajstić information content (AvgIpc) is 3.28. The van der Waals surface area contributed by atoms with Crippen LogP contribution < -0.4 is 19.7 Å². The number of aromatic nitrogens is 2. The van der Waals surface area contributed by atoms with E-state index in [2.05, 4.69) is 58.3 Å². The molecule has 8 nitrogen and oxygen atoms in total. The maximum Gasteiger partial charge on any atom is 0.229 e. The van der Waals surface area contributed by atoms with Crippen LogP contribution in [0.15, 0.2) is 48.7 Å². The molecule has 35 heavy (non-hydrogen) atoms. The highest BCUT2D eigenvalue weighted by Crippen LogP contribution is 2.45. The van der Waals surface area contributed by atoms with Crippen LogP contribution in [0.5, 0.6) is 5.75 Å². The van der Waals surface area contributed by atoms with E-state index in [1.165, 1.54) is 18.5 Å². The first-order valence-electron chi connectivity index (χ1n) is 11.4. The van der Waals surface area contributed by atoms with Crippen LogP contribution in [0.4, 0.5) is 11.4 Å². The summed E-state index contributed by atoms with van der Waals surface area (Å²) in [5.41, 5.74) is 5.54. The molecule has 0 bridgehead atoms. The lowest BCUT2D eigenvalue weighted by Crippen LogP contribution is -2.29. The van der Waals surface area contributed by atoms with E-state index in [1.54, 1.807) is 18.3 Å². The van der Waals surface area contributed by atoms with Crippen molar-refractivity contribution in [2.45, 2.75) is 45.8 Å². The van der Waals surface area contributed by atoms with Gasteiger partial charge in [0.05, 0.1) is 36.8 Å². The molecule has 2 unspecified atom stereocenters. The molecule has 2 atom stereocenters. The molecular weight excluding hydrogens is 482 g/mol. The number of hydrogen-bond donors (Lipinski definition) is 2. The minimum absolute atomic E-state index is 0.172. The Labute approximate surface area is 212 Å². The van der Waals surface area contributed by atoms with Crippen molar-refractivity contribution < 1.29 is 13.2 Å². The largest absolute Gasteiger partial charge is 0.494 e. The van der Waals surface area contributed by atoms with Crippen LogP contribution in [0.1, 0.15) is 54.6 Å². The van der Waals surface area contributed by atoms with Gasteiger partial charge < -0.3 is 19.5 Å². The number of aryl methyl sites for hydroxylation is 1. The van der Waals surface area contributed by atoms with E-state index in [0.29, 0.717) is 22.6 Å². The fraction of sp³-hybridized carbons (Fsp3) is 0.360. The molecule has 3 heterocycles. The number of rotatable bonds is 7. The Balaban J connectivity index is 1.87. The van der Waals surface area contributed by atoms with E-state index in [9.17, 15) is 8.42 Å². The lowest BCUT2D eigenvalue weighted by Gasteiger charge is -2.29. The molecule has 0 spiro atoms. The number of pyridine rings is 1. The zero-order valence-electron chi connectivity index (χ0n) is 20.7. The predicted octanol–water partition coefficient (Wildman–Crippen LogP) is 4.64. The van der Waals surface area contributed by atoms with Gasteiger partial charge >= 0.3 is 0 Å². The SMILES string of the molecule is COc1cc(N2C(=S)NC(c3ccccn3)C2c2cc(C)n(C(C)C)c2C)ccc1NS(C)(=O)=O. The molecule has 1 aliphatic rings. The number of methoxy groups -OCH3 is 1. The smallest absolute Gasteiger partial charge is 0.229 e. The van der Waals surface area contributed by atoms with Gasteiger partial charge in [-0.15, -0.1) is 0 Å². The summed E-state index contributed by atoms with van der Waals surface area (Å²) >= 11 is 5.84. The predicted molar refractivity (Wildman–Crippen MR) is 144 cm³/mol. The quantitative estimate of drug-likeness (QED) is 0.445. The third-order valence-electron chi connectivity index (χ3n) is 6.22. The number of anilines is 2. The van der Waals surface area contributed by atoms with Crippen LogP contribution in [0, 0.1) is 13.8 Å². The molecule has 4 rings (SSSR count). The Morgan fingerprint density at radius 2 is 1.91 bits per heavy atom. The van der Waals surface area contributed by atoms with E-state index >= 15 is 0 Å². The lowest BCUT2D eigenvalue weighted by atomic mass is 9.96. The normalized spacial score (nSPS) is 18.1. The standard InChI is InChI=1S/C25H31N5O3S2/c1-15(2)29-16(3)13-19(17(29)4)24-23(21-9-7-8-12-26-21)27-25(34)30(24)18-10-11-20(22(14-18)33-5)28-35(6,31)32/h7-15,23-24,28H,1-6H3,(H,27,34). The van der Waals surface area contributed by atoms with Crippen LogP contribution >= 0.6 is 12.2 Å². The van der Waals surface area contributed by atoms with E-state index in [4.69, 9.17) is 17.0 Å². The molecule has 0 radical (unpaired) electrons. The molecule has 1 fully saturated rings. The second-order valence-corrected chi connectivity index (χ2v) is 11.2. The van der Waals surface area contributed by atoms with Crippen LogP contribution in [0.2, 0.25) is 0 Å². The summed E-state index contributed by atoms with van der Waals surface area (Å²) in [6.07, 6.45) is 2.89. The average molecular weight is 514 g/mol. The Morgan fingerprint density at radius 1 is 1.17 bits per heavy atom. The minimum atomic E-state index is -3.46. The zero-order valence-corrected chi connectivity index (χ0v) is 22.4. The number of ether oxygens (including phenoxy) is 1. The Kier molecular flexibility index (Phi) is 6.79. The first-order valence-corrected chi connectivity index (χ1v) is 13.7. The summed E-state index contributed by atoms with van der Waals surface area (Å²) in [7, 11) is -1.95. The molecule has 0 amide bonds. The van der Waals surface area contributed by atoms with Crippen LogP contribution in [0.3, 0.4) is 0 Å². The highest BCUT2D eigenvalue weighted by Gasteiger charge is 2.42. The molecule has 1 aliphatic heterocycles. The highest BCUT2D eigenvalue weighted by molar-refractivity contribution is 7.92. The van der Waals surface area contributed by atoms with Gasteiger partial charge in [-0.2, -0.15) is 0 Å². The van der Waals surface area contributed by atoms with Gasteiger partial charge in [0.1, 0.15) is 5.75 Å². The fourth-order valence-corrected chi connectivity index (χ4v) is 5.87. The Morgan fingerprint density at radius 3 is 2.49 bits per heavy atom. The minimum Gasteiger partial charge on any atom is -0.494 e. The third kappa shape index (κ3) is 4.85. The number of nitrogens with one attached hydrogen (secondary N) is 2.